The number of piperidine rings is 2. The highest BCUT2D eigenvalue weighted by atomic mass is 79.9. The van der Waals surface area contributed by atoms with Crippen LogP contribution in [0.15, 0.2) is 102 Å². The van der Waals surface area contributed by atoms with Gasteiger partial charge in [-0.3, -0.25) is 9.59 Å². The smallest absolute Gasteiger partial charge is 0.206 e. The Morgan fingerprint density at radius 1 is 0.732 bits per heavy atom. The van der Waals surface area contributed by atoms with Crippen LogP contribution < -0.4 is 31.9 Å². The Bertz CT molecular complexity index is 2500. The van der Waals surface area contributed by atoms with E-state index in [1.54, 1.807) is 0 Å². The van der Waals surface area contributed by atoms with E-state index < -0.39 is 0 Å². The number of ketones is 2. The van der Waals surface area contributed by atoms with E-state index in [2.05, 4.69) is 92.5 Å². The molecular weight excluding hydrogens is 1040 g/mol. The molecule has 0 amide bonds. The van der Waals surface area contributed by atoms with Crippen molar-refractivity contribution in [2.45, 2.75) is 70.4 Å². The third kappa shape index (κ3) is 16.5. The van der Waals surface area contributed by atoms with Crippen LogP contribution in [0.25, 0.3) is 0 Å². The monoisotopic (exact) mass is 1110 g/mol. The summed E-state index contributed by atoms with van der Waals surface area (Å²) in [5.41, 5.74) is 17.1. The molecule has 5 heterocycles. The standard InChI is InChI=1S/C25H28FN5OS.C19H29N5S2.C8H6BrFO.H3P/c26-18-5-3-17(4-6-18)22(32)23-24(27)29-25(33-23)28-19-7-9-20(10-8-19)31-15-11-21(12-16-31)30-13-1-2-14-30;1-2-26-18(20)22-19(25)21-15-5-7-16(8-6-15)24-13-9-17(10-14-24)23-11-3-4-12-23;9-5-8(11)6-1-3-7(10)4-2-6;/h3-10,21H,1-2,11-16,27H2,(H,28,29);5-8,17H,2-4,9-14H2,1H3,(H3,20,21,22,25);1-4H,5H2;1H3. The van der Waals surface area contributed by atoms with E-state index in [1.165, 1.54) is 161 Å². The molecule has 9 rings (SSSR count). The molecule has 0 bridgehead atoms. The van der Waals surface area contributed by atoms with Crippen LogP contribution in [-0.2, 0) is 0 Å². The van der Waals surface area contributed by atoms with E-state index in [1.807, 2.05) is 19.1 Å². The Kier molecular flexibility index (Phi) is 22.0. The number of hydrogen-bond acceptors (Lipinski definition) is 12. The Labute approximate surface area is 442 Å². The van der Waals surface area contributed by atoms with Gasteiger partial charge in [-0.1, -0.05) is 46.0 Å². The number of hydrogen-bond donors (Lipinski definition) is 4. The molecule has 6 N–H and O–H groups in total. The van der Waals surface area contributed by atoms with Gasteiger partial charge in [0, 0.05) is 72.1 Å². The number of nitrogens with one attached hydrogen (secondary N) is 2. The van der Waals surface area contributed by atoms with Crippen molar-refractivity contribution in [1.29, 1.82) is 0 Å². The van der Waals surface area contributed by atoms with Crippen molar-refractivity contribution in [1.82, 2.24) is 14.8 Å². The molecule has 12 nitrogen and oxygen atoms in total. The van der Waals surface area contributed by atoms with E-state index in [0.29, 0.717) is 31.4 Å². The second-order valence-corrected chi connectivity index (χ2v) is 20.8. The molecule has 5 aromatic rings. The fourth-order valence-corrected chi connectivity index (χ4v) is 11.2. The molecule has 1 aromatic heterocycles. The maximum Gasteiger partial charge on any atom is 0.206 e. The Morgan fingerprint density at radius 2 is 1.18 bits per heavy atom. The first-order chi connectivity index (χ1) is 34.0. The summed E-state index contributed by atoms with van der Waals surface area (Å²) in [4.78, 5) is 42.8. The van der Waals surface area contributed by atoms with Crippen LogP contribution in [0.5, 0.6) is 0 Å². The van der Waals surface area contributed by atoms with Crippen LogP contribution in [0.1, 0.15) is 83.9 Å². The predicted molar refractivity (Wildman–Crippen MR) is 306 cm³/mol. The zero-order chi connectivity index (χ0) is 49.4. The summed E-state index contributed by atoms with van der Waals surface area (Å²) in [6, 6.07) is 29.2. The fraction of sp³-hybridized carbons (Fsp3) is 0.404. The van der Waals surface area contributed by atoms with Crippen molar-refractivity contribution in [3.63, 3.8) is 0 Å². The number of rotatable bonds is 12. The number of likely N-dealkylation sites (tertiary alicyclic amines) is 2. The molecule has 4 fully saturated rings. The number of nitrogen functional groups attached to an aromatic ring is 1. The normalized spacial score (nSPS) is 16.8. The minimum atomic E-state index is -0.384. The average molecular weight is 1110 g/mol. The highest BCUT2D eigenvalue weighted by Gasteiger charge is 2.28. The quantitative estimate of drug-likeness (QED) is 0.0235. The molecule has 0 radical (unpaired) electrons. The van der Waals surface area contributed by atoms with E-state index in [-0.39, 0.29) is 44.2 Å². The van der Waals surface area contributed by atoms with Gasteiger partial charge >= 0.3 is 0 Å². The number of aliphatic imine (C=N–C) groups is 1. The number of thiazole rings is 1. The van der Waals surface area contributed by atoms with Crippen LogP contribution in [-0.4, -0.2) is 112 Å². The summed E-state index contributed by atoms with van der Waals surface area (Å²) >= 11 is 11.0. The lowest BCUT2D eigenvalue weighted by atomic mass is 10.0. The molecule has 4 aliphatic rings. The number of carbonyl (C=O) groups is 2. The lowest BCUT2D eigenvalue weighted by Gasteiger charge is -2.37. The lowest BCUT2D eigenvalue weighted by Crippen LogP contribution is -2.43. The number of anilines is 6. The highest BCUT2D eigenvalue weighted by molar-refractivity contribution is 9.09. The van der Waals surface area contributed by atoms with Gasteiger partial charge in [0.1, 0.15) is 22.3 Å². The molecular formula is C52H66BrF2N10O2PS3. The molecule has 4 aromatic carbocycles. The summed E-state index contributed by atoms with van der Waals surface area (Å²) < 4.78 is 25.5. The number of Topliss-reactive ketones (excluding diaryl/α,β-unsaturated/α-hetero) is 1. The highest BCUT2D eigenvalue weighted by Crippen LogP contribution is 2.32. The molecule has 1 atom stereocenters. The van der Waals surface area contributed by atoms with E-state index >= 15 is 0 Å². The first kappa shape index (κ1) is 55.8. The van der Waals surface area contributed by atoms with Crippen molar-refractivity contribution in [3.05, 3.63) is 125 Å². The number of aromatic nitrogens is 1. The van der Waals surface area contributed by atoms with Crippen molar-refractivity contribution in [2.24, 2.45) is 10.7 Å². The molecule has 4 aliphatic heterocycles. The molecule has 0 aliphatic carbocycles. The van der Waals surface area contributed by atoms with Gasteiger partial charge in [0.25, 0.3) is 0 Å². The number of halogens is 3. The first-order valence-corrected chi connectivity index (χ1v) is 27.4. The largest absolute Gasteiger partial charge is 0.382 e. The number of benzene rings is 4. The van der Waals surface area contributed by atoms with Crippen molar-refractivity contribution in [2.75, 3.05) is 89.6 Å². The second-order valence-electron chi connectivity index (χ2n) is 17.6. The number of alkyl halides is 1. The molecule has 0 spiro atoms. The summed E-state index contributed by atoms with van der Waals surface area (Å²) in [5, 5.41) is 8.11. The number of amidine groups is 1. The van der Waals surface area contributed by atoms with Crippen LogP contribution >= 0.6 is 61.1 Å². The van der Waals surface area contributed by atoms with Crippen LogP contribution in [0.4, 0.5) is 42.5 Å². The van der Waals surface area contributed by atoms with E-state index in [4.69, 9.17) is 23.7 Å². The number of carbonyl (C=O) groups excluding carboxylic acids is 2. The van der Waals surface area contributed by atoms with Gasteiger partial charge in [0.15, 0.2) is 21.2 Å². The Hall–Kier alpha value is -4.55. The number of thioether (sulfide) groups is 1. The second kappa shape index (κ2) is 28.0. The SMILES string of the molecule is CCSC(N)=NC(=S)Nc1ccc(N2CCC(N3CCCC3)CC2)cc1.Nc1nc(Nc2ccc(N3CCC(N4CCCC4)CC3)cc2)sc1C(=O)c1ccc(F)cc1.O=C(CBr)c1ccc(F)cc1.P. The van der Waals surface area contributed by atoms with Crippen LogP contribution in [0, 0.1) is 11.6 Å². The van der Waals surface area contributed by atoms with Gasteiger partial charge in [-0.05, 0) is 193 Å². The topological polar surface area (TPSA) is 148 Å². The number of thiocarbonyl (C=S) groups is 1. The predicted octanol–water partition coefficient (Wildman–Crippen LogP) is 10.9. The minimum Gasteiger partial charge on any atom is -0.382 e. The van der Waals surface area contributed by atoms with Gasteiger partial charge in [-0.25, -0.2) is 13.8 Å². The van der Waals surface area contributed by atoms with Crippen LogP contribution in [0.2, 0.25) is 0 Å². The van der Waals surface area contributed by atoms with Crippen molar-refractivity contribution >= 4 is 117 Å². The molecule has 71 heavy (non-hydrogen) atoms. The third-order valence-corrected chi connectivity index (χ3v) is 15.3. The average Bonchev–Trinajstić information content (AvgIpc) is 4.20. The van der Waals surface area contributed by atoms with Gasteiger partial charge in [0.2, 0.25) is 5.78 Å². The zero-order valence-electron chi connectivity index (χ0n) is 40.3. The fourth-order valence-electron chi connectivity index (χ4n) is 9.25. The Morgan fingerprint density at radius 3 is 1.63 bits per heavy atom. The van der Waals surface area contributed by atoms with Crippen molar-refractivity contribution < 1.29 is 18.4 Å². The maximum absolute atomic E-state index is 13.1. The Balaban J connectivity index is 0.000000193. The van der Waals surface area contributed by atoms with Gasteiger partial charge in [-0.2, -0.15) is 14.9 Å². The lowest BCUT2D eigenvalue weighted by molar-refractivity contribution is 0.102. The summed E-state index contributed by atoms with van der Waals surface area (Å²) in [7, 11) is 0. The van der Waals surface area contributed by atoms with Crippen molar-refractivity contribution in [3.8, 4) is 0 Å². The molecule has 19 heteroatoms. The zero-order valence-corrected chi connectivity index (χ0v) is 45.8. The minimum absolute atomic E-state index is 0. The summed E-state index contributed by atoms with van der Waals surface area (Å²) in [6.45, 7) is 11.6. The van der Waals surface area contributed by atoms with E-state index in [0.717, 1.165) is 55.4 Å². The summed E-state index contributed by atoms with van der Waals surface area (Å²) in [5.74, 6) is 0.0629. The number of nitrogens with zero attached hydrogens (tertiary/aromatic N) is 6. The third-order valence-electron chi connectivity index (χ3n) is 13.0. The number of nitrogens with two attached hydrogens (primary N) is 2. The summed E-state index contributed by atoms with van der Waals surface area (Å²) in [6.07, 6.45) is 10.4. The molecule has 380 valence electrons. The molecule has 1 unspecified atom stereocenters. The van der Waals surface area contributed by atoms with Gasteiger partial charge in [0.05, 0.1) is 5.33 Å². The maximum atomic E-state index is 13.1. The van der Waals surface area contributed by atoms with Gasteiger partial charge < -0.3 is 41.7 Å². The first-order valence-electron chi connectivity index (χ1n) is 24.1. The van der Waals surface area contributed by atoms with E-state index in [9.17, 15) is 18.4 Å². The molecule has 4 saturated heterocycles. The van der Waals surface area contributed by atoms with Gasteiger partial charge in [-0.15, -0.1) is 0 Å². The van der Waals surface area contributed by atoms with Crippen LogP contribution in [0.3, 0.4) is 0 Å². The molecule has 0 saturated carbocycles.